The van der Waals surface area contributed by atoms with Gasteiger partial charge in [0.25, 0.3) is 0 Å². The van der Waals surface area contributed by atoms with E-state index in [9.17, 15) is 4.79 Å². The molecule has 1 aromatic heterocycles. The van der Waals surface area contributed by atoms with Gasteiger partial charge in [0.05, 0.1) is 24.1 Å². The molecule has 3 aromatic rings. The molecule has 0 saturated heterocycles. The first-order valence-electron chi connectivity index (χ1n) is 7.65. The van der Waals surface area contributed by atoms with Crippen LogP contribution in [0.3, 0.4) is 0 Å². The number of imidazole rings is 1. The summed E-state index contributed by atoms with van der Waals surface area (Å²) in [6.45, 7) is 4.69. The molecule has 0 aliphatic heterocycles. The maximum Gasteiger partial charge on any atom is 0.326 e. The van der Waals surface area contributed by atoms with Gasteiger partial charge in [0.15, 0.2) is 0 Å². The third-order valence-corrected chi connectivity index (χ3v) is 3.74. The summed E-state index contributed by atoms with van der Waals surface area (Å²) < 4.78 is 1.74. The second-order valence-corrected chi connectivity index (χ2v) is 5.55. The molecule has 6 heteroatoms. The van der Waals surface area contributed by atoms with Crippen molar-refractivity contribution < 1.29 is 0 Å². The Morgan fingerprint density at radius 3 is 2.62 bits per heavy atom. The first-order chi connectivity index (χ1) is 11.7. The molecule has 0 aliphatic rings. The van der Waals surface area contributed by atoms with Crippen LogP contribution < -0.4 is 5.69 Å². The number of nitrogens with one attached hydrogen (secondary N) is 1. The lowest BCUT2D eigenvalue weighted by Crippen LogP contribution is -2.17. The summed E-state index contributed by atoms with van der Waals surface area (Å²) in [5.41, 5.74) is 3.87. The summed E-state index contributed by atoms with van der Waals surface area (Å²) in [6, 6.07) is 15.8. The smallest absolute Gasteiger partial charge is 0.306 e. The number of hydrogen-bond acceptors (Lipinski definition) is 3. The Bertz CT molecular complexity index is 920. The number of aromatic amines is 1. The molecule has 0 unspecified atom stereocenters. The number of H-pyrrole nitrogens is 1. The predicted octanol–water partition coefficient (Wildman–Crippen LogP) is 3.32. The van der Waals surface area contributed by atoms with Crippen molar-refractivity contribution in [1.82, 2.24) is 14.6 Å². The lowest BCUT2D eigenvalue weighted by Gasteiger charge is -2.11. The molecule has 122 valence electrons. The van der Waals surface area contributed by atoms with Crippen molar-refractivity contribution >= 4 is 11.0 Å². The van der Waals surface area contributed by atoms with E-state index in [-0.39, 0.29) is 5.69 Å². The molecule has 2 aromatic carbocycles. The van der Waals surface area contributed by atoms with E-state index in [1.165, 1.54) is 6.20 Å². The molecule has 6 nitrogen and oxygen atoms in total. The second kappa shape index (κ2) is 6.95. The van der Waals surface area contributed by atoms with Crippen LogP contribution in [-0.4, -0.2) is 21.6 Å². The van der Waals surface area contributed by atoms with Crippen LogP contribution >= 0.6 is 0 Å². The maximum absolute atomic E-state index is 12.1. The topological polar surface area (TPSA) is 65.8 Å². The first kappa shape index (κ1) is 15.7. The normalized spacial score (nSPS) is 11.2. The van der Waals surface area contributed by atoms with Gasteiger partial charge in [-0.3, -0.25) is 9.58 Å². The highest BCUT2D eigenvalue weighted by Gasteiger charge is 2.06. The van der Waals surface area contributed by atoms with Crippen LogP contribution in [0.15, 0.2) is 76.4 Å². The molecule has 0 fully saturated rings. The monoisotopic (exact) mass is 321 g/mol. The summed E-state index contributed by atoms with van der Waals surface area (Å²) >= 11 is 0. The van der Waals surface area contributed by atoms with Crippen molar-refractivity contribution in [2.45, 2.75) is 13.1 Å². The number of fused-ring (bicyclic) bond motifs is 1. The minimum absolute atomic E-state index is 0.0927. The average Bonchev–Trinajstić information content (AvgIpc) is 2.90. The lowest BCUT2D eigenvalue weighted by atomic mass is 10.1. The number of aromatic nitrogens is 2. The fourth-order valence-corrected chi connectivity index (χ4v) is 2.62. The van der Waals surface area contributed by atoms with Gasteiger partial charge in [0.1, 0.15) is 0 Å². The van der Waals surface area contributed by atoms with Crippen molar-refractivity contribution in [2.75, 3.05) is 7.05 Å². The molecule has 0 atom stereocenters. The molecule has 0 saturated carbocycles. The molecular formula is C18H19N5O. The van der Waals surface area contributed by atoms with Gasteiger partial charge in [-0.2, -0.15) is 0 Å². The number of hydrogen-bond donors (Lipinski definition) is 1. The standard InChI is InChI=1S/C18H19N5O/c1-3-19-21-22(2)12-14-8-10-15(11-9-14)13-23-17-7-5-4-6-16(17)20-18(23)24/h3-11H,1,12-13H2,2H3,(H,20,24)/b21-19-. The maximum atomic E-state index is 12.1. The Balaban J connectivity index is 1.76. The van der Waals surface area contributed by atoms with Crippen LogP contribution in [0.1, 0.15) is 11.1 Å². The Labute approximate surface area is 139 Å². The third-order valence-electron chi connectivity index (χ3n) is 3.74. The molecule has 0 aliphatic carbocycles. The Morgan fingerprint density at radius 1 is 1.17 bits per heavy atom. The first-order valence-corrected chi connectivity index (χ1v) is 7.65. The summed E-state index contributed by atoms with van der Waals surface area (Å²) in [7, 11) is 1.85. The Hall–Kier alpha value is -3.15. The zero-order chi connectivity index (χ0) is 16.9. The van der Waals surface area contributed by atoms with E-state index in [4.69, 9.17) is 0 Å². The van der Waals surface area contributed by atoms with E-state index in [0.717, 1.165) is 22.2 Å². The number of nitrogens with zero attached hydrogens (tertiary/aromatic N) is 4. The van der Waals surface area contributed by atoms with Crippen LogP contribution in [-0.2, 0) is 13.1 Å². The average molecular weight is 321 g/mol. The summed E-state index contributed by atoms with van der Waals surface area (Å²) in [4.78, 5) is 15.0. The van der Waals surface area contributed by atoms with Gasteiger partial charge in [-0.15, -0.1) is 5.11 Å². The van der Waals surface area contributed by atoms with Gasteiger partial charge < -0.3 is 4.98 Å². The zero-order valence-electron chi connectivity index (χ0n) is 13.5. The number of rotatable bonds is 6. The molecule has 1 N–H and O–H groups in total. The van der Waals surface area contributed by atoms with Crippen molar-refractivity contribution in [1.29, 1.82) is 0 Å². The van der Waals surface area contributed by atoms with Crippen molar-refractivity contribution in [3.8, 4) is 0 Å². The quantitative estimate of drug-likeness (QED) is 0.559. The van der Waals surface area contributed by atoms with Gasteiger partial charge in [0.2, 0.25) is 0 Å². The lowest BCUT2D eigenvalue weighted by molar-refractivity contribution is 0.323. The Kier molecular flexibility index (Phi) is 4.56. The summed E-state index contributed by atoms with van der Waals surface area (Å²) in [6.07, 6.45) is 1.40. The highest BCUT2D eigenvalue weighted by atomic mass is 16.1. The molecule has 0 spiro atoms. The highest BCUT2D eigenvalue weighted by molar-refractivity contribution is 5.75. The SMILES string of the molecule is C=C/N=N\N(C)Cc1ccc(Cn2c(=O)[nH]c3ccccc32)cc1. The summed E-state index contributed by atoms with van der Waals surface area (Å²) in [5, 5.41) is 9.44. The van der Waals surface area contributed by atoms with Crippen molar-refractivity contribution in [3.05, 3.63) is 82.9 Å². The van der Waals surface area contributed by atoms with E-state index in [1.54, 1.807) is 9.58 Å². The molecule has 1 heterocycles. The van der Waals surface area contributed by atoms with Crippen LogP contribution in [0.5, 0.6) is 0 Å². The minimum Gasteiger partial charge on any atom is -0.306 e. The van der Waals surface area contributed by atoms with Crippen LogP contribution in [0.25, 0.3) is 11.0 Å². The number of para-hydroxylation sites is 2. The van der Waals surface area contributed by atoms with Gasteiger partial charge in [-0.05, 0) is 23.3 Å². The molecule has 0 radical (unpaired) electrons. The summed E-state index contributed by atoms with van der Waals surface area (Å²) in [5.74, 6) is 0. The predicted molar refractivity (Wildman–Crippen MR) is 94.6 cm³/mol. The molecular weight excluding hydrogens is 302 g/mol. The second-order valence-electron chi connectivity index (χ2n) is 5.55. The highest BCUT2D eigenvalue weighted by Crippen LogP contribution is 2.13. The zero-order valence-corrected chi connectivity index (χ0v) is 13.5. The third kappa shape index (κ3) is 3.43. The van der Waals surface area contributed by atoms with Crippen molar-refractivity contribution in [2.24, 2.45) is 10.3 Å². The fraction of sp³-hybridized carbons (Fsp3) is 0.167. The molecule has 3 rings (SSSR count). The van der Waals surface area contributed by atoms with Crippen LogP contribution in [0.4, 0.5) is 0 Å². The largest absolute Gasteiger partial charge is 0.326 e. The minimum atomic E-state index is -0.0927. The fourth-order valence-electron chi connectivity index (χ4n) is 2.62. The van der Waals surface area contributed by atoms with Gasteiger partial charge >= 0.3 is 5.69 Å². The molecule has 0 amide bonds. The van der Waals surface area contributed by atoms with Gasteiger partial charge in [-0.25, -0.2) is 4.79 Å². The van der Waals surface area contributed by atoms with Crippen LogP contribution in [0, 0.1) is 0 Å². The van der Waals surface area contributed by atoms with E-state index >= 15 is 0 Å². The number of benzene rings is 2. The van der Waals surface area contributed by atoms with E-state index in [2.05, 4.69) is 21.9 Å². The van der Waals surface area contributed by atoms with Crippen molar-refractivity contribution in [3.63, 3.8) is 0 Å². The molecule has 0 bridgehead atoms. The van der Waals surface area contributed by atoms with Crippen LogP contribution in [0.2, 0.25) is 0 Å². The van der Waals surface area contributed by atoms with E-state index in [0.29, 0.717) is 13.1 Å². The Morgan fingerprint density at radius 2 is 1.88 bits per heavy atom. The van der Waals surface area contributed by atoms with Gasteiger partial charge in [0, 0.05) is 13.2 Å². The van der Waals surface area contributed by atoms with E-state index in [1.807, 2.05) is 55.6 Å². The van der Waals surface area contributed by atoms with E-state index < -0.39 is 0 Å². The van der Waals surface area contributed by atoms with Gasteiger partial charge in [-0.1, -0.05) is 48.2 Å². The molecule has 24 heavy (non-hydrogen) atoms.